The van der Waals surface area contributed by atoms with Gasteiger partial charge in [-0.05, 0) is 12.8 Å². The number of fused-ring (bicyclic) bond motifs is 2. The second-order valence-electron chi connectivity index (χ2n) is 5.03. The predicted octanol–water partition coefficient (Wildman–Crippen LogP) is 1.06. The second-order valence-corrected chi connectivity index (χ2v) is 5.03. The maximum atomic E-state index is 11.7. The van der Waals surface area contributed by atoms with Crippen molar-refractivity contribution in [3.05, 3.63) is 0 Å². The van der Waals surface area contributed by atoms with Crippen LogP contribution in [0.25, 0.3) is 0 Å². The number of quaternary nitrogens is 1. The van der Waals surface area contributed by atoms with Crippen LogP contribution < -0.4 is 0 Å². The molecule has 2 atom stereocenters. The lowest BCUT2D eigenvalue weighted by molar-refractivity contribution is -0.898. The lowest BCUT2D eigenvalue weighted by Crippen LogP contribution is -2.56. The van der Waals surface area contributed by atoms with Crippen LogP contribution in [0.2, 0.25) is 0 Å². The average molecular weight is 168 g/mol. The van der Waals surface area contributed by atoms with Crippen LogP contribution in [0, 0.1) is 11.8 Å². The van der Waals surface area contributed by atoms with Crippen LogP contribution in [-0.4, -0.2) is 37.5 Å². The van der Waals surface area contributed by atoms with Gasteiger partial charge in [-0.25, -0.2) is 0 Å². The molecule has 2 aliphatic rings. The standard InChI is InChI=1S/C10H18NO/c1-11(2)6-8-4-3-5-9(7-11)10(8)12/h8-9H,3-7H2,1-2H3/q+1. The summed E-state index contributed by atoms with van der Waals surface area (Å²) in [5.41, 5.74) is 0. The Hall–Kier alpha value is -0.370. The van der Waals surface area contributed by atoms with E-state index in [-0.39, 0.29) is 0 Å². The third kappa shape index (κ3) is 1.28. The number of carbonyl (C=O) groups excluding carboxylic acids is 1. The van der Waals surface area contributed by atoms with Gasteiger partial charge in [0, 0.05) is 0 Å². The van der Waals surface area contributed by atoms with Crippen molar-refractivity contribution in [2.45, 2.75) is 19.3 Å². The van der Waals surface area contributed by atoms with E-state index in [4.69, 9.17) is 0 Å². The molecule has 2 heteroatoms. The van der Waals surface area contributed by atoms with E-state index in [0.717, 1.165) is 30.4 Å². The van der Waals surface area contributed by atoms with Crippen molar-refractivity contribution in [3.63, 3.8) is 0 Å². The molecular weight excluding hydrogens is 150 g/mol. The molecule has 1 heterocycles. The highest BCUT2D eigenvalue weighted by molar-refractivity contribution is 5.84. The fraction of sp³-hybridized carbons (Fsp3) is 0.900. The van der Waals surface area contributed by atoms with Crippen LogP contribution in [0.3, 0.4) is 0 Å². The smallest absolute Gasteiger partial charge is 0.150 e. The number of likely N-dealkylation sites (tertiary alicyclic amines) is 1. The number of hydrogen-bond donors (Lipinski definition) is 0. The maximum absolute atomic E-state index is 11.7. The highest BCUT2D eigenvalue weighted by Gasteiger charge is 2.43. The summed E-state index contributed by atoms with van der Waals surface area (Å²) in [6, 6.07) is 0. The van der Waals surface area contributed by atoms with Gasteiger partial charge in [0.15, 0.2) is 0 Å². The Bertz CT molecular complexity index is 192. The van der Waals surface area contributed by atoms with E-state index < -0.39 is 0 Å². The fourth-order valence-electron chi connectivity index (χ4n) is 2.86. The first-order valence-corrected chi connectivity index (χ1v) is 4.94. The predicted molar refractivity (Wildman–Crippen MR) is 47.7 cm³/mol. The van der Waals surface area contributed by atoms with E-state index in [2.05, 4.69) is 14.1 Å². The van der Waals surface area contributed by atoms with Gasteiger partial charge in [0.05, 0.1) is 39.0 Å². The summed E-state index contributed by atoms with van der Waals surface area (Å²) in [6.45, 7) is 2.16. The van der Waals surface area contributed by atoms with E-state index in [1.54, 1.807) is 0 Å². The average Bonchev–Trinajstić information content (AvgIpc) is 1.92. The molecule has 1 saturated carbocycles. The van der Waals surface area contributed by atoms with Crippen molar-refractivity contribution in [3.8, 4) is 0 Å². The molecule has 0 amide bonds. The molecule has 0 N–H and O–H groups in total. The first-order chi connectivity index (χ1) is 5.58. The van der Waals surface area contributed by atoms with Gasteiger partial charge in [-0.15, -0.1) is 0 Å². The molecule has 0 aromatic heterocycles. The molecule has 2 nitrogen and oxygen atoms in total. The molecule has 2 bridgehead atoms. The van der Waals surface area contributed by atoms with Crippen LogP contribution in [0.4, 0.5) is 0 Å². The Labute approximate surface area is 74.1 Å². The van der Waals surface area contributed by atoms with Crippen molar-refractivity contribution in [1.29, 1.82) is 0 Å². The van der Waals surface area contributed by atoms with E-state index >= 15 is 0 Å². The van der Waals surface area contributed by atoms with Gasteiger partial charge in [-0.1, -0.05) is 6.42 Å². The summed E-state index contributed by atoms with van der Waals surface area (Å²) < 4.78 is 1.06. The lowest BCUT2D eigenvalue weighted by atomic mass is 9.76. The van der Waals surface area contributed by atoms with Gasteiger partial charge in [0.1, 0.15) is 5.78 Å². The van der Waals surface area contributed by atoms with Crippen LogP contribution in [0.5, 0.6) is 0 Å². The molecule has 2 rings (SSSR count). The molecule has 0 radical (unpaired) electrons. The van der Waals surface area contributed by atoms with Gasteiger partial charge < -0.3 is 4.48 Å². The first-order valence-electron chi connectivity index (χ1n) is 4.94. The Morgan fingerprint density at radius 3 is 2.17 bits per heavy atom. The fourth-order valence-corrected chi connectivity index (χ4v) is 2.86. The Kier molecular flexibility index (Phi) is 1.76. The van der Waals surface area contributed by atoms with Gasteiger partial charge >= 0.3 is 0 Å². The van der Waals surface area contributed by atoms with Crippen molar-refractivity contribution < 1.29 is 9.28 Å². The number of Topliss-reactive ketones (excluding diaryl/α,β-unsaturated/α-hetero) is 1. The highest BCUT2D eigenvalue weighted by atomic mass is 16.1. The van der Waals surface area contributed by atoms with E-state index in [0.29, 0.717) is 17.6 Å². The molecule has 2 fully saturated rings. The van der Waals surface area contributed by atoms with Crippen LogP contribution in [0.1, 0.15) is 19.3 Å². The molecule has 0 aromatic rings. The van der Waals surface area contributed by atoms with Gasteiger partial charge in [-0.2, -0.15) is 0 Å². The van der Waals surface area contributed by atoms with Gasteiger partial charge in [0.25, 0.3) is 0 Å². The topological polar surface area (TPSA) is 17.1 Å². The third-order valence-corrected chi connectivity index (χ3v) is 3.34. The largest absolute Gasteiger partial charge is 0.327 e. The summed E-state index contributed by atoms with van der Waals surface area (Å²) in [5, 5.41) is 0. The minimum Gasteiger partial charge on any atom is -0.327 e. The SMILES string of the molecule is C[N+]1(C)CC2CCCC(C1)C2=O. The number of ketones is 1. The van der Waals surface area contributed by atoms with Crippen molar-refractivity contribution in [1.82, 2.24) is 0 Å². The molecule has 1 aliphatic heterocycles. The second kappa shape index (κ2) is 2.56. The van der Waals surface area contributed by atoms with Crippen molar-refractivity contribution >= 4 is 5.78 Å². The lowest BCUT2D eigenvalue weighted by Gasteiger charge is -2.43. The van der Waals surface area contributed by atoms with Crippen molar-refractivity contribution in [2.24, 2.45) is 11.8 Å². The zero-order chi connectivity index (χ0) is 8.77. The molecule has 1 saturated heterocycles. The monoisotopic (exact) mass is 168 g/mol. The van der Waals surface area contributed by atoms with Crippen LogP contribution >= 0.6 is 0 Å². The minimum absolute atomic E-state index is 0.396. The summed E-state index contributed by atoms with van der Waals surface area (Å²) >= 11 is 0. The Morgan fingerprint density at radius 1 is 1.17 bits per heavy atom. The molecule has 0 spiro atoms. The van der Waals surface area contributed by atoms with Crippen LogP contribution in [-0.2, 0) is 4.79 Å². The number of nitrogens with zero attached hydrogens (tertiary/aromatic N) is 1. The number of hydrogen-bond acceptors (Lipinski definition) is 1. The molecular formula is C10H18NO+. The van der Waals surface area contributed by atoms with Gasteiger partial charge in [0.2, 0.25) is 0 Å². The maximum Gasteiger partial charge on any atom is 0.150 e. The minimum atomic E-state index is 0.396. The Balaban J connectivity index is 2.18. The van der Waals surface area contributed by atoms with E-state index in [9.17, 15) is 4.79 Å². The molecule has 68 valence electrons. The van der Waals surface area contributed by atoms with Gasteiger partial charge in [-0.3, -0.25) is 4.79 Å². The number of rotatable bonds is 0. The molecule has 12 heavy (non-hydrogen) atoms. The Morgan fingerprint density at radius 2 is 1.67 bits per heavy atom. The molecule has 2 unspecified atom stereocenters. The number of carbonyl (C=O) groups is 1. The van der Waals surface area contributed by atoms with E-state index in [1.807, 2.05) is 0 Å². The van der Waals surface area contributed by atoms with Crippen molar-refractivity contribution in [2.75, 3.05) is 27.2 Å². The molecule has 0 aromatic carbocycles. The number of piperidine rings is 1. The highest BCUT2D eigenvalue weighted by Crippen LogP contribution is 2.33. The summed E-state index contributed by atoms with van der Waals surface area (Å²) in [5.74, 6) is 1.36. The normalized spacial score (nSPS) is 39.7. The third-order valence-electron chi connectivity index (χ3n) is 3.34. The first kappa shape index (κ1) is 8.24. The zero-order valence-corrected chi connectivity index (χ0v) is 8.05. The quantitative estimate of drug-likeness (QED) is 0.494. The summed E-state index contributed by atoms with van der Waals surface area (Å²) in [4.78, 5) is 11.7. The van der Waals surface area contributed by atoms with E-state index in [1.165, 1.54) is 6.42 Å². The molecule has 1 aliphatic carbocycles. The van der Waals surface area contributed by atoms with Crippen LogP contribution in [0.15, 0.2) is 0 Å². The summed E-state index contributed by atoms with van der Waals surface area (Å²) in [6.07, 6.45) is 3.58. The zero-order valence-electron chi connectivity index (χ0n) is 8.05. The summed E-state index contributed by atoms with van der Waals surface area (Å²) in [7, 11) is 4.50.